The number of benzene rings is 1. The second-order valence-corrected chi connectivity index (χ2v) is 10.0. The maximum absolute atomic E-state index is 12.2. The van der Waals surface area contributed by atoms with Crippen LogP contribution < -0.4 is 10.6 Å². The minimum Gasteiger partial charge on any atom is -0.365 e. The van der Waals surface area contributed by atoms with Gasteiger partial charge < -0.3 is 10.6 Å². The molecule has 32 heavy (non-hydrogen) atoms. The SMILES string of the molecule is NC(=O)c1sc2ccccc2c1C[C@@H]1CCCCCN1Cc1ccnc(N2CCCC2)n1. The van der Waals surface area contributed by atoms with Crippen molar-refractivity contribution in [2.45, 2.75) is 57.5 Å². The van der Waals surface area contributed by atoms with Crippen LogP contribution in [0.5, 0.6) is 0 Å². The Morgan fingerprint density at radius 2 is 1.88 bits per heavy atom. The molecule has 6 nitrogen and oxygen atoms in total. The summed E-state index contributed by atoms with van der Waals surface area (Å²) in [4.78, 5) is 27.2. The van der Waals surface area contributed by atoms with Gasteiger partial charge in [0, 0.05) is 36.6 Å². The number of primary amides is 1. The van der Waals surface area contributed by atoms with Crippen molar-refractivity contribution in [1.29, 1.82) is 0 Å². The Morgan fingerprint density at radius 3 is 2.72 bits per heavy atom. The molecule has 1 atom stereocenters. The summed E-state index contributed by atoms with van der Waals surface area (Å²) >= 11 is 1.53. The fourth-order valence-electron chi connectivity index (χ4n) is 5.16. The summed E-state index contributed by atoms with van der Waals surface area (Å²) in [7, 11) is 0. The first-order chi connectivity index (χ1) is 15.7. The number of amides is 1. The zero-order valence-corrected chi connectivity index (χ0v) is 19.3. The van der Waals surface area contributed by atoms with E-state index < -0.39 is 0 Å². The lowest BCUT2D eigenvalue weighted by atomic mass is 9.98. The molecule has 3 aromatic rings. The quantitative estimate of drug-likeness (QED) is 0.604. The Bertz CT molecular complexity index is 1090. The molecular formula is C25H31N5OS. The molecule has 2 N–H and O–H groups in total. The van der Waals surface area contributed by atoms with E-state index in [2.05, 4.69) is 39.0 Å². The molecule has 1 aromatic carbocycles. The number of likely N-dealkylation sites (tertiary alicyclic amines) is 1. The summed E-state index contributed by atoms with van der Waals surface area (Å²) in [5.41, 5.74) is 7.99. The maximum Gasteiger partial charge on any atom is 0.259 e. The van der Waals surface area contributed by atoms with Crippen LogP contribution in [0.2, 0.25) is 0 Å². The van der Waals surface area contributed by atoms with Crippen molar-refractivity contribution < 1.29 is 4.79 Å². The largest absolute Gasteiger partial charge is 0.365 e. The zero-order chi connectivity index (χ0) is 21.9. The number of hydrogen-bond acceptors (Lipinski definition) is 6. The smallest absolute Gasteiger partial charge is 0.259 e. The molecule has 2 fully saturated rings. The lowest BCUT2D eigenvalue weighted by Gasteiger charge is -2.30. The number of hydrogen-bond donors (Lipinski definition) is 1. The van der Waals surface area contributed by atoms with Gasteiger partial charge in [0.15, 0.2) is 0 Å². The normalized spacial score (nSPS) is 20.0. The Labute approximate surface area is 193 Å². The summed E-state index contributed by atoms with van der Waals surface area (Å²) in [6, 6.07) is 10.7. The van der Waals surface area contributed by atoms with E-state index in [1.165, 1.54) is 48.8 Å². The van der Waals surface area contributed by atoms with Crippen molar-refractivity contribution in [1.82, 2.24) is 14.9 Å². The average molecular weight is 450 g/mol. The molecule has 0 unspecified atom stereocenters. The molecule has 4 heterocycles. The van der Waals surface area contributed by atoms with E-state index in [4.69, 9.17) is 10.7 Å². The van der Waals surface area contributed by atoms with E-state index in [0.29, 0.717) is 10.9 Å². The van der Waals surface area contributed by atoms with Crippen molar-refractivity contribution in [2.24, 2.45) is 5.73 Å². The minimum atomic E-state index is -0.313. The molecule has 5 rings (SSSR count). The topological polar surface area (TPSA) is 75.4 Å². The van der Waals surface area contributed by atoms with Gasteiger partial charge in [-0.3, -0.25) is 9.69 Å². The molecule has 2 saturated heterocycles. The van der Waals surface area contributed by atoms with E-state index in [0.717, 1.165) is 60.9 Å². The first-order valence-corrected chi connectivity index (χ1v) is 12.6. The molecule has 2 aliphatic heterocycles. The van der Waals surface area contributed by atoms with Gasteiger partial charge in [0.25, 0.3) is 5.91 Å². The number of rotatable bonds is 6. The van der Waals surface area contributed by atoms with Gasteiger partial charge in [-0.1, -0.05) is 31.0 Å². The standard InChI is InChI=1S/C25H31N5OS/c26-24(31)23-21(20-9-3-4-10-22(20)32-23)16-19-8-2-1-5-15-30(19)17-18-11-12-27-25(28-18)29-13-6-7-14-29/h3-4,9-12,19H,1-2,5-8,13-17H2,(H2,26,31)/t19-/m0/s1. The fourth-order valence-corrected chi connectivity index (χ4v) is 6.25. The van der Waals surface area contributed by atoms with Gasteiger partial charge in [0.1, 0.15) is 0 Å². The number of carbonyl (C=O) groups is 1. The number of aromatic nitrogens is 2. The fraction of sp³-hybridized carbons (Fsp3) is 0.480. The van der Waals surface area contributed by atoms with Crippen molar-refractivity contribution in [2.75, 3.05) is 24.5 Å². The van der Waals surface area contributed by atoms with Crippen molar-refractivity contribution >= 4 is 33.3 Å². The molecule has 0 spiro atoms. The molecule has 0 aliphatic carbocycles. The second-order valence-electron chi connectivity index (χ2n) is 8.99. The second kappa shape index (κ2) is 9.55. The van der Waals surface area contributed by atoms with Gasteiger partial charge in [0.05, 0.1) is 10.6 Å². The monoisotopic (exact) mass is 449 g/mol. The Balaban J connectivity index is 1.41. The molecule has 7 heteroatoms. The van der Waals surface area contributed by atoms with Crippen LogP contribution in [0.1, 0.15) is 59.5 Å². The average Bonchev–Trinajstić information content (AvgIpc) is 3.41. The van der Waals surface area contributed by atoms with Crippen LogP contribution in [-0.2, 0) is 13.0 Å². The predicted octanol–water partition coefficient (Wildman–Crippen LogP) is 4.38. The highest BCUT2D eigenvalue weighted by Crippen LogP contribution is 2.34. The summed E-state index contributed by atoms with van der Waals surface area (Å²) in [5.74, 6) is 0.554. The third-order valence-electron chi connectivity index (χ3n) is 6.82. The van der Waals surface area contributed by atoms with Crippen molar-refractivity contribution in [3.8, 4) is 0 Å². The lowest BCUT2D eigenvalue weighted by molar-refractivity contribution is 0.100. The molecular weight excluding hydrogens is 418 g/mol. The minimum absolute atomic E-state index is 0.313. The maximum atomic E-state index is 12.2. The van der Waals surface area contributed by atoms with Gasteiger partial charge in [-0.25, -0.2) is 9.97 Å². The predicted molar refractivity (Wildman–Crippen MR) is 130 cm³/mol. The van der Waals surface area contributed by atoms with Gasteiger partial charge in [-0.05, 0) is 61.7 Å². The Kier molecular flexibility index (Phi) is 6.37. The van der Waals surface area contributed by atoms with Gasteiger partial charge in [-0.15, -0.1) is 11.3 Å². The lowest BCUT2D eigenvalue weighted by Crippen LogP contribution is -2.36. The number of thiophene rings is 1. The van der Waals surface area contributed by atoms with Crippen LogP contribution in [0.25, 0.3) is 10.1 Å². The number of fused-ring (bicyclic) bond motifs is 1. The van der Waals surface area contributed by atoms with Crippen LogP contribution in [0.15, 0.2) is 36.5 Å². The van der Waals surface area contributed by atoms with E-state index in [1.807, 2.05) is 12.3 Å². The van der Waals surface area contributed by atoms with Crippen molar-refractivity contribution in [3.05, 3.63) is 52.7 Å². The van der Waals surface area contributed by atoms with Gasteiger partial charge >= 0.3 is 0 Å². The molecule has 1 amide bonds. The van der Waals surface area contributed by atoms with E-state index in [-0.39, 0.29) is 5.91 Å². The van der Waals surface area contributed by atoms with Gasteiger partial charge in [0.2, 0.25) is 5.95 Å². The molecule has 0 bridgehead atoms. The highest BCUT2D eigenvalue weighted by molar-refractivity contribution is 7.21. The number of nitrogens with zero attached hydrogens (tertiary/aromatic N) is 4. The molecule has 2 aromatic heterocycles. The summed E-state index contributed by atoms with van der Waals surface area (Å²) in [6.07, 6.45) is 10.0. The van der Waals surface area contributed by atoms with E-state index in [1.54, 1.807) is 0 Å². The molecule has 168 valence electrons. The van der Waals surface area contributed by atoms with Crippen LogP contribution >= 0.6 is 11.3 Å². The van der Waals surface area contributed by atoms with Crippen LogP contribution in [-0.4, -0.2) is 46.5 Å². The van der Waals surface area contributed by atoms with E-state index >= 15 is 0 Å². The van der Waals surface area contributed by atoms with Crippen LogP contribution in [0.3, 0.4) is 0 Å². The Hall–Kier alpha value is -2.51. The van der Waals surface area contributed by atoms with Crippen LogP contribution in [0, 0.1) is 0 Å². The summed E-state index contributed by atoms with van der Waals surface area (Å²) in [6.45, 7) is 3.98. The number of carbonyl (C=O) groups excluding carboxylic acids is 1. The third kappa shape index (κ3) is 4.50. The van der Waals surface area contributed by atoms with Gasteiger partial charge in [-0.2, -0.15) is 0 Å². The third-order valence-corrected chi connectivity index (χ3v) is 8.04. The Morgan fingerprint density at radius 1 is 1.06 bits per heavy atom. The number of anilines is 1. The molecule has 2 aliphatic rings. The molecule has 0 radical (unpaired) electrons. The van der Waals surface area contributed by atoms with Crippen LogP contribution in [0.4, 0.5) is 5.95 Å². The number of nitrogens with two attached hydrogens (primary N) is 1. The molecule has 0 saturated carbocycles. The van der Waals surface area contributed by atoms with E-state index in [9.17, 15) is 4.79 Å². The summed E-state index contributed by atoms with van der Waals surface area (Å²) in [5, 5.41) is 1.17. The highest BCUT2D eigenvalue weighted by atomic mass is 32.1. The first-order valence-electron chi connectivity index (χ1n) is 11.8. The van der Waals surface area contributed by atoms with Crippen molar-refractivity contribution in [3.63, 3.8) is 0 Å². The zero-order valence-electron chi connectivity index (χ0n) is 18.5. The summed E-state index contributed by atoms with van der Waals surface area (Å²) < 4.78 is 1.14. The highest BCUT2D eigenvalue weighted by Gasteiger charge is 2.26. The first kappa shape index (κ1) is 21.3.